The molecule has 0 saturated carbocycles. The van der Waals surface area contributed by atoms with Crippen molar-refractivity contribution in [2.75, 3.05) is 18.0 Å². The zero-order valence-corrected chi connectivity index (χ0v) is 11.9. The summed E-state index contributed by atoms with van der Waals surface area (Å²) in [6.07, 6.45) is 2.22. The van der Waals surface area contributed by atoms with Crippen LogP contribution >= 0.6 is 0 Å². The van der Waals surface area contributed by atoms with Crippen molar-refractivity contribution in [3.05, 3.63) is 23.8 Å². The Bertz CT molecular complexity index is 557. The van der Waals surface area contributed by atoms with Gasteiger partial charge in [0.05, 0.1) is 11.0 Å². The van der Waals surface area contributed by atoms with Crippen molar-refractivity contribution in [1.29, 1.82) is 0 Å². The van der Waals surface area contributed by atoms with Gasteiger partial charge in [-0.3, -0.25) is 0 Å². The number of hydrogen-bond donors (Lipinski definition) is 2. The first-order valence-corrected chi connectivity index (χ1v) is 8.05. The number of β-amino-alcohol motifs (C(OH)–C–C–N with tert-alkyl or cyclic N) is 1. The molecule has 0 aliphatic carbocycles. The summed E-state index contributed by atoms with van der Waals surface area (Å²) in [7, 11) is -3.68. The number of hydrogen-bond acceptors (Lipinski definition) is 4. The van der Waals surface area contributed by atoms with E-state index in [9.17, 15) is 13.5 Å². The molecule has 1 aromatic carbocycles. The van der Waals surface area contributed by atoms with E-state index in [1.807, 2.05) is 17.9 Å². The average Bonchev–Trinajstić information content (AvgIpc) is 2.37. The molecule has 6 heteroatoms. The molecule has 19 heavy (non-hydrogen) atoms. The van der Waals surface area contributed by atoms with Crippen molar-refractivity contribution in [2.45, 2.75) is 37.2 Å². The van der Waals surface area contributed by atoms with Crippen molar-refractivity contribution in [3.63, 3.8) is 0 Å². The Balaban J connectivity index is 2.36. The molecule has 1 aromatic rings. The highest BCUT2D eigenvalue weighted by Gasteiger charge is 2.21. The lowest BCUT2D eigenvalue weighted by atomic mass is 10.0. The van der Waals surface area contributed by atoms with E-state index >= 15 is 0 Å². The first-order chi connectivity index (χ1) is 8.91. The van der Waals surface area contributed by atoms with Crippen molar-refractivity contribution in [1.82, 2.24) is 0 Å². The molecule has 2 rings (SSSR count). The van der Waals surface area contributed by atoms with Crippen LogP contribution in [0.15, 0.2) is 23.1 Å². The molecule has 0 amide bonds. The Kier molecular flexibility index (Phi) is 4.13. The van der Waals surface area contributed by atoms with Gasteiger partial charge < -0.3 is 10.0 Å². The number of nitrogens with zero attached hydrogens (tertiary/aromatic N) is 1. The molecule has 1 aliphatic rings. The minimum atomic E-state index is -3.68. The van der Waals surface area contributed by atoms with Crippen LogP contribution in [0.2, 0.25) is 0 Å². The van der Waals surface area contributed by atoms with E-state index in [1.54, 1.807) is 12.1 Å². The quantitative estimate of drug-likeness (QED) is 0.859. The van der Waals surface area contributed by atoms with Gasteiger partial charge >= 0.3 is 0 Å². The van der Waals surface area contributed by atoms with Crippen LogP contribution in [0.1, 0.15) is 25.3 Å². The molecule has 1 heterocycles. The Labute approximate surface area is 114 Å². The molecular weight excluding hydrogens is 264 g/mol. The maximum atomic E-state index is 11.4. The van der Waals surface area contributed by atoms with E-state index in [1.165, 1.54) is 0 Å². The van der Waals surface area contributed by atoms with Crippen molar-refractivity contribution < 1.29 is 13.5 Å². The summed E-state index contributed by atoms with van der Waals surface area (Å²) in [6.45, 7) is 3.28. The standard InChI is InChI=1S/C13H20N2O3S/c1-2-11(16)9-15-7-3-4-10-5-6-12(8-13(10)15)19(14,17)18/h5-6,8,11,16H,2-4,7,9H2,1H3,(H2,14,17,18)/t11-/m1/s1. The van der Waals surface area contributed by atoms with Crippen molar-refractivity contribution in [3.8, 4) is 0 Å². The molecule has 0 saturated heterocycles. The lowest BCUT2D eigenvalue weighted by Crippen LogP contribution is -2.36. The summed E-state index contributed by atoms with van der Waals surface area (Å²) in [5.74, 6) is 0. The minimum absolute atomic E-state index is 0.129. The second-order valence-corrected chi connectivity index (χ2v) is 6.51. The highest BCUT2D eigenvalue weighted by molar-refractivity contribution is 7.89. The van der Waals surface area contributed by atoms with Gasteiger partial charge in [0.25, 0.3) is 0 Å². The fraction of sp³-hybridized carbons (Fsp3) is 0.538. The first kappa shape index (κ1) is 14.3. The van der Waals surface area contributed by atoms with E-state index in [0.29, 0.717) is 13.0 Å². The second-order valence-electron chi connectivity index (χ2n) is 4.95. The largest absolute Gasteiger partial charge is 0.391 e. The number of sulfonamides is 1. The highest BCUT2D eigenvalue weighted by Crippen LogP contribution is 2.29. The lowest BCUT2D eigenvalue weighted by molar-refractivity contribution is 0.175. The van der Waals surface area contributed by atoms with Gasteiger partial charge in [0.1, 0.15) is 0 Å². The number of rotatable bonds is 4. The van der Waals surface area contributed by atoms with Gasteiger partial charge in [-0.05, 0) is 37.0 Å². The Morgan fingerprint density at radius 3 is 2.84 bits per heavy atom. The van der Waals surface area contributed by atoms with Crippen LogP contribution in [0.25, 0.3) is 0 Å². The third-order valence-electron chi connectivity index (χ3n) is 3.50. The SMILES string of the molecule is CC[C@@H](O)CN1CCCc2ccc(S(N)(=O)=O)cc21. The monoisotopic (exact) mass is 284 g/mol. The molecule has 0 radical (unpaired) electrons. The van der Waals surface area contributed by atoms with Crippen LogP contribution in [0.4, 0.5) is 5.69 Å². The van der Waals surface area contributed by atoms with Crippen molar-refractivity contribution >= 4 is 15.7 Å². The van der Waals surface area contributed by atoms with Crippen LogP contribution in [0, 0.1) is 0 Å². The summed E-state index contributed by atoms with van der Waals surface area (Å²) < 4.78 is 22.8. The van der Waals surface area contributed by atoms with Gasteiger partial charge in [-0.25, -0.2) is 13.6 Å². The van der Waals surface area contributed by atoms with Gasteiger partial charge in [0, 0.05) is 18.8 Å². The molecule has 1 aliphatic heterocycles. The van der Waals surface area contributed by atoms with E-state index in [2.05, 4.69) is 0 Å². The maximum Gasteiger partial charge on any atom is 0.238 e. The van der Waals surface area contributed by atoms with Gasteiger partial charge in [-0.15, -0.1) is 0 Å². The zero-order chi connectivity index (χ0) is 14.0. The first-order valence-electron chi connectivity index (χ1n) is 6.50. The number of aliphatic hydroxyl groups excluding tert-OH is 1. The molecule has 5 nitrogen and oxygen atoms in total. The van der Waals surface area contributed by atoms with E-state index in [-0.39, 0.29) is 4.90 Å². The topological polar surface area (TPSA) is 83.6 Å². The predicted molar refractivity (Wildman–Crippen MR) is 74.6 cm³/mol. The molecular formula is C13H20N2O3S. The highest BCUT2D eigenvalue weighted by atomic mass is 32.2. The molecule has 0 aromatic heterocycles. The summed E-state index contributed by atoms with van der Waals surface area (Å²) >= 11 is 0. The van der Waals surface area contributed by atoms with E-state index < -0.39 is 16.1 Å². The third kappa shape index (κ3) is 3.26. The second kappa shape index (κ2) is 5.48. The van der Waals surface area contributed by atoms with E-state index in [0.717, 1.165) is 30.6 Å². The fourth-order valence-corrected chi connectivity index (χ4v) is 2.91. The van der Waals surface area contributed by atoms with Crippen LogP contribution in [-0.2, 0) is 16.4 Å². The molecule has 0 bridgehead atoms. The number of aliphatic hydroxyl groups is 1. The smallest absolute Gasteiger partial charge is 0.238 e. The van der Waals surface area contributed by atoms with Crippen LogP contribution in [0.3, 0.4) is 0 Å². The normalized spacial score (nSPS) is 17.1. The molecule has 0 fully saturated rings. The summed E-state index contributed by atoms with van der Waals surface area (Å²) in [5.41, 5.74) is 1.99. The fourth-order valence-electron chi connectivity index (χ4n) is 2.38. The van der Waals surface area contributed by atoms with Crippen molar-refractivity contribution in [2.24, 2.45) is 5.14 Å². The lowest BCUT2D eigenvalue weighted by Gasteiger charge is -2.33. The summed E-state index contributed by atoms with van der Waals surface area (Å²) in [6, 6.07) is 4.99. The van der Waals surface area contributed by atoms with Gasteiger partial charge in [0.2, 0.25) is 10.0 Å². The maximum absolute atomic E-state index is 11.4. The zero-order valence-electron chi connectivity index (χ0n) is 11.0. The third-order valence-corrected chi connectivity index (χ3v) is 4.41. The number of fused-ring (bicyclic) bond motifs is 1. The van der Waals surface area contributed by atoms with Crippen LogP contribution < -0.4 is 10.0 Å². The van der Waals surface area contributed by atoms with Gasteiger partial charge in [-0.2, -0.15) is 0 Å². The molecule has 0 unspecified atom stereocenters. The van der Waals surface area contributed by atoms with E-state index in [4.69, 9.17) is 5.14 Å². The number of anilines is 1. The number of benzene rings is 1. The number of nitrogens with two attached hydrogens (primary N) is 1. The summed E-state index contributed by atoms with van der Waals surface area (Å²) in [5, 5.41) is 14.9. The Morgan fingerprint density at radius 2 is 2.21 bits per heavy atom. The Hall–Kier alpha value is -1.11. The van der Waals surface area contributed by atoms with Crippen LogP contribution in [-0.4, -0.2) is 32.7 Å². The number of primary sulfonamides is 1. The molecule has 0 spiro atoms. The molecule has 1 atom stereocenters. The average molecular weight is 284 g/mol. The molecule has 3 N–H and O–H groups in total. The predicted octanol–water partition coefficient (Wildman–Crippen LogP) is 0.857. The number of aryl methyl sites for hydroxylation is 1. The molecule has 106 valence electrons. The minimum Gasteiger partial charge on any atom is -0.391 e. The van der Waals surface area contributed by atoms with Crippen LogP contribution in [0.5, 0.6) is 0 Å². The van der Waals surface area contributed by atoms with Gasteiger partial charge in [0.15, 0.2) is 0 Å². The van der Waals surface area contributed by atoms with Gasteiger partial charge in [-0.1, -0.05) is 13.0 Å². The Morgan fingerprint density at radius 1 is 1.47 bits per heavy atom. The summed E-state index contributed by atoms with van der Waals surface area (Å²) in [4.78, 5) is 2.17.